The van der Waals surface area contributed by atoms with E-state index in [1.165, 1.54) is 4.90 Å². The maximum atomic E-state index is 11.7. The van der Waals surface area contributed by atoms with Crippen molar-refractivity contribution in [1.29, 1.82) is 0 Å². The molecule has 106 valence electrons. The number of carbonyl (C=O) groups is 3. The molecule has 1 N–H and O–H groups in total. The minimum absolute atomic E-state index is 0.0188. The summed E-state index contributed by atoms with van der Waals surface area (Å²) in [5.74, 6) is -1.58. The summed E-state index contributed by atoms with van der Waals surface area (Å²) in [6, 6.07) is 0. The van der Waals surface area contributed by atoms with Gasteiger partial charge in [0.05, 0.1) is 6.42 Å². The number of rotatable bonds is 4. The van der Waals surface area contributed by atoms with E-state index < -0.39 is 11.4 Å². The predicted octanol–water partition coefficient (Wildman–Crippen LogP) is 0.797. The van der Waals surface area contributed by atoms with Gasteiger partial charge in [0.2, 0.25) is 0 Å². The van der Waals surface area contributed by atoms with E-state index in [2.05, 4.69) is 0 Å². The molecule has 0 unspecified atom stereocenters. The third kappa shape index (κ3) is 3.32. The molecule has 2 amide bonds. The monoisotopic (exact) mass is 269 g/mol. The third-order valence-corrected chi connectivity index (χ3v) is 3.99. The Morgan fingerprint density at radius 1 is 1.16 bits per heavy atom. The summed E-state index contributed by atoms with van der Waals surface area (Å²) < 4.78 is 4.87. The van der Waals surface area contributed by atoms with Gasteiger partial charge in [0, 0.05) is 6.54 Å². The zero-order valence-corrected chi connectivity index (χ0v) is 10.9. The molecular formula is C13H19NO5. The molecule has 6 heteroatoms. The van der Waals surface area contributed by atoms with E-state index in [1.807, 2.05) is 0 Å². The van der Waals surface area contributed by atoms with Crippen LogP contribution in [0.3, 0.4) is 0 Å². The van der Waals surface area contributed by atoms with Gasteiger partial charge in [0.25, 0.3) is 11.8 Å². The van der Waals surface area contributed by atoms with Crippen LogP contribution in [0.1, 0.15) is 38.5 Å². The maximum absolute atomic E-state index is 11.7. The molecule has 1 heterocycles. The second kappa shape index (κ2) is 5.69. The molecule has 0 aromatic heterocycles. The summed E-state index contributed by atoms with van der Waals surface area (Å²) >= 11 is 0. The summed E-state index contributed by atoms with van der Waals surface area (Å²) in [5, 5.41) is 9.08. The van der Waals surface area contributed by atoms with Crippen molar-refractivity contribution in [1.82, 2.24) is 4.90 Å². The van der Waals surface area contributed by atoms with Crippen molar-refractivity contribution in [3.8, 4) is 0 Å². The standard InChI is InChI=1S/C13H19NO5/c15-10-7-19-8-11(16)14(10)9-13(6-12(17)18)4-2-1-3-5-13/h1-9H2,(H,17,18). The number of morpholine rings is 1. The Bertz CT molecular complexity index is 370. The van der Waals surface area contributed by atoms with Crippen molar-refractivity contribution in [2.75, 3.05) is 19.8 Å². The average Bonchev–Trinajstić information content (AvgIpc) is 2.34. The van der Waals surface area contributed by atoms with Crippen LogP contribution in [0.2, 0.25) is 0 Å². The lowest BCUT2D eigenvalue weighted by Gasteiger charge is -2.40. The molecule has 19 heavy (non-hydrogen) atoms. The Morgan fingerprint density at radius 3 is 2.26 bits per heavy atom. The van der Waals surface area contributed by atoms with Crippen LogP contribution in [0, 0.1) is 5.41 Å². The fraction of sp³-hybridized carbons (Fsp3) is 0.769. The Labute approximate surface area is 111 Å². The zero-order chi connectivity index (χ0) is 13.9. The van der Waals surface area contributed by atoms with Crippen LogP contribution < -0.4 is 0 Å². The molecule has 0 spiro atoms. The third-order valence-electron chi connectivity index (χ3n) is 3.99. The molecule has 0 radical (unpaired) electrons. The molecule has 0 aromatic carbocycles. The van der Waals surface area contributed by atoms with Crippen LogP contribution in [0.5, 0.6) is 0 Å². The number of ether oxygens (including phenoxy) is 1. The van der Waals surface area contributed by atoms with Crippen molar-refractivity contribution < 1.29 is 24.2 Å². The largest absolute Gasteiger partial charge is 0.481 e. The zero-order valence-electron chi connectivity index (χ0n) is 10.9. The van der Waals surface area contributed by atoms with Crippen molar-refractivity contribution in [3.63, 3.8) is 0 Å². The molecule has 0 atom stereocenters. The first-order chi connectivity index (χ1) is 9.02. The fourth-order valence-electron chi connectivity index (χ4n) is 3.05. The van der Waals surface area contributed by atoms with Crippen molar-refractivity contribution in [2.24, 2.45) is 5.41 Å². The van der Waals surface area contributed by atoms with Crippen molar-refractivity contribution in [3.05, 3.63) is 0 Å². The number of carboxylic acid groups (broad SMARTS) is 1. The highest BCUT2D eigenvalue weighted by atomic mass is 16.5. The first-order valence-corrected chi connectivity index (χ1v) is 6.65. The van der Waals surface area contributed by atoms with E-state index in [9.17, 15) is 14.4 Å². The van der Waals surface area contributed by atoms with Crippen molar-refractivity contribution >= 4 is 17.8 Å². The lowest BCUT2D eigenvalue weighted by atomic mass is 9.71. The van der Waals surface area contributed by atoms with E-state index in [-0.39, 0.29) is 38.0 Å². The van der Waals surface area contributed by atoms with Gasteiger partial charge >= 0.3 is 5.97 Å². The Kier molecular flexibility index (Phi) is 4.19. The first kappa shape index (κ1) is 14.0. The fourth-order valence-corrected chi connectivity index (χ4v) is 3.05. The van der Waals surface area contributed by atoms with Gasteiger partial charge in [0.1, 0.15) is 13.2 Å². The normalized spacial score (nSPS) is 23.5. The number of carbonyl (C=O) groups excluding carboxylic acids is 2. The quantitative estimate of drug-likeness (QED) is 0.763. The highest BCUT2D eigenvalue weighted by Gasteiger charge is 2.40. The molecule has 0 aromatic rings. The number of imide groups is 1. The van der Waals surface area contributed by atoms with E-state index in [1.54, 1.807) is 0 Å². The number of aliphatic carboxylic acids is 1. The molecule has 2 aliphatic rings. The van der Waals surface area contributed by atoms with Gasteiger partial charge in [-0.05, 0) is 18.3 Å². The molecule has 6 nitrogen and oxygen atoms in total. The molecule has 1 saturated carbocycles. The number of amides is 2. The minimum Gasteiger partial charge on any atom is -0.481 e. The second-order valence-electron chi connectivity index (χ2n) is 5.50. The number of hydrogen-bond donors (Lipinski definition) is 1. The molecular weight excluding hydrogens is 250 g/mol. The van der Waals surface area contributed by atoms with Gasteiger partial charge in [0.15, 0.2) is 0 Å². The Hall–Kier alpha value is -1.43. The van der Waals surface area contributed by atoms with Crippen LogP contribution in [0.25, 0.3) is 0 Å². The summed E-state index contributed by atoms with van der Waals surface area (Å²) in [7, 11) is 0. The van der Waals surface area contributed by atoms with Crippen LogP contribution >= 0.6 is 0 Å². The van der Waals surface area contributed by atoms with E-state index in [0.29, 0.717) is 0 Å². The highest BCUT2D eigenvalue weighted by Crippen LogP contribution is 2.40. The van der Waals surface area contributed by atoms with Gasteiger partial charge < -0.3 is 9.84 Å². The van der Waals surface area contributed by atoms with Crippen LogP contribution in [0.15, 0.2) is 0 Å². The summed E-state index contributed by atoms with van der Waals surface area (Å²) in [4.78, 5) is 35.7. The SMILES string of the molecule is O=C(O)CC1(CN2C(=O)COCC2=O)CCCCC1. The van der Waals surface area contributed by atoms with Gasteiger partial charge in [-0.15, -0.1) is 0 Å². The smallest absolute Gasteiger partial charge is 0.303 e. The lowest BCUT2D eigenvalue weighted by Crippen LogP contribution is -2.51. The molecule has 1 aliphatic carbocycles. The second-order valence-corrected chi connectivity index (χ2v) is 5.50. The van der Waals surface area contributed by atoms with Gasteiger partial charge in [-0.25, -0.2) is 0 Å². The van der Waals surface area contributed by atoms with E-state index >= 15 is 0 Å². The average molecular weight is 269 g/mol. The predicted molar refractivity (Wildman–Crippen MR) is 65.3 cm³/mol. The molecule has 2 rings (SSSR count). The van der Waals surface area contributed by atoms with Crippen LogP contribution in [-0.2, 0) is 19.1 Å². The Morgan fingerprint density at radius 2 is 1.74 bits per heavy atom. The van der Waals surface area contributed by atoms with Crippen LogP contribution in [-0.4, -0.2) is 47.5 Å². The van der Waals surface area contributed by atoms with E-state index in [0.717, 1.165) is 32.1 Å². The van der Waals surface area contributed by atoms with Gasteiger partial charge in [-0.3, -0.25) is 19.3 Å². The number of hydrogen-bond acceptors (Lipinski definition) is 4. The van der Waals surface area contributed by atoms with Gasteiger partial charge in [-0.1, -0.05) is 19.3 Å². The van der Waals surface area contributed by atoms with Crippen LogP contribution in [0.4, 0.5) is 0 Å². The number of carboxylic acids is 1. The molecule has 2 fully saturated rings. The topological polar surface area (TPSA) is 83.9 Å². The molecule has 0 bridgehead atoms. The summed E-state index contributed by atoms with van der Waals surface area (Å²) in [6.07, 6.45) is 4.55. The van der Waals surface area contributed by atoms with Crippen molar-refractivity contribution in [2.45, 2.75) is 38.5 Å². The minimum atomic E-state index is -0.866. The Balaban J connectivity index is 2.12. The number of nitrogens with zero attached hydrogens (tertiary/aromatic N) is 1. The molecule has 1 saturated heterocycles. The lowest BCUT2D eigenvalue weighted by molar-refractivity contribution is -0.162. The highest BCUT2D eigenvalue weighted by molar-refractivity contribution is 5.98. The summed E-state index contributed by atoms with van der Waals surface area (Å²) in [5.41, 5.74) is -0.452. The summed E-state index contributed by atoms with van der Waals surface area (Å²) in [6.45, 7) is 0.0457. The maximum Gasteiger partial charge on any atom is 0.303 e. The molecule has 1 aliphatic heterocycles. The van der Waals surface area contributed by atoms with Gasteiger partial charge in [-0.2, -0.15) is 0 Å². The van der Waals surface area contributed by atoms with E-state index in [4.69, 9.17) is 9.84 Å². The first-order valence-electron chi connectivity index (χ1n) is 6.65.